The second kappa shape index (κ2) is 6.53. The lowest BCUT2D eigenvalue weighted by atomic mass is 9.97. The van der Waals surface area contributed by atoms with Gasteiger partial charge < -0.3 is 5.32 Å². The predicted octanol–water partition coefficient (Wildman–Crippen LogP) is 1.01. The summed E-state index contributed by atoms with van der Waals surface area (Å²) in [6, 6.07) is 3.25. The smallest absolute Gasteiger partial charge is 0.244 e. The maximum Gasteiger partial charge on any atom is 0.244 e. The summed E-state index contributed by atoms with van der Waals surface area (Å²) < 4.78 is 26.3. The van der Waals surface area contributed by atoms with E-state index in [9.17, 15) is 13.2 Å². The quantitative estimate of drug-likeness (QED) is 0.900. The molecule has 1 aromatic heterocycles. The molecule has 1 saturated heterocycles. The van der Waals surface area contributed by atoms with Gasteiger partial charge in [-0.2, -0.15) is 4.31 Å². The van der Waals surface area contributed by atoms with Crippen LogP contribution in [0.25, 0.3) is 0 Å². The van der Waals surface area contributed by atoms with Gasteiger partial charge in [-0.05, 0) is 38.8 Å². The zero-order valence-electron chi connectivity index (χ0n) is 12.3. The lowest BCUT2D eigenvalue weighted by Gasteiger charge is -2.30. The Balaban J connectivity index is 2.00. The summed E-state index contributed by atoms with van der Waals surface area (Å²) in [5.74, 6) is -0.0869. The van der Waals surface area contributed by atoms with E-state index in [2.05, 4.69) is 10.3 Å². The average molecular weight is 311 g/mol. The summed E-state index contributed by atoms with van der Waals surface area (Å²) in [5, 5.41) is 2.88. The van der Waals surface area contributed by atoms with Crippen molar-refractivity contribution in [1.82, 2.24) is 14.6 Å². The Labute approximate surface area is 125 Å². The van der Waals surface area contributed by atoms with Gasteiger partial charge in [-0.25, -0.2) is 8.42 Å². The van der Waals surface area contributed by atoms with E-state index in [0.29, 0.717) is 25.9 Å². The molecule has 1 amide bonds. The van der Waals surface area contributed by atoms with Crippen LogP contribution in [0.1, 0.15) is 26.7 Å². The third kappa shape index (κ3) is 3.79. The Hall–Kier alpha value is -1.47. The Bertz CT molecular complexity index is 579. The van der Waals surface area contributed by atoms with Crippen molar-refractivity contribution in [1.29, 1.82) is 0 Å². The highest BCUT2D eigenvalue weighted by molar-refractivity contribution is 7.89. The SMILES string of the molecule is CC(C)NC(=O)C1CCN(S(=O)(=O)c2cccnc2)CC1. The number of aromatic nitrogens is 1. The van der Waals surface area contributed by atoms with Crippen molar-refractivity contribution in [2.24, 2.45) is 5.92 Å². The summed E-state index contributed by atoms with van der Waals surface area (Å²) in [5.41, 5.74) is 0. The summed E-state index contributed by atoms with van der Waals surface area (Å²) in [6.07, 6.45) is 4.00. The van der Waals surface area contributed by atoms with Gasteiger partial charge in [0.15, 0.2) is 0 Å². The van der Waals surface area contributed by atoms with Crippen LogP contribution in [-0.2, 0) is 14.8 Å². The molecule has 116 valence electrons. The number of carbonyl (C=O) groups excluding carboxylic acids is 1. The number of nitrogens with zero attached hydrogens (tertiary/aromatic N) is 2. The van der Waals surface area contributed by atoms with Gasteiger partial charge in [-0.15, -0.1) is 0 Å². The first-order valence-electron chi connectivity index (χ1n) is 7.12. The molecule has 1 fully saturated rings. The summed E-state index contributed by atoms with van der Waals surface area (Å²) in [4.78, 5) is 16.0. The van der Waals surface area contributed by atoms with Crippen molar-refractivity contribution >= 4 is 15.9 Å². The molecule has 7 heteroatoms. The second-order valence-corrected chi connectivity index (χ2v) is 7.47. The van der Waals surface area contributed by atoms with Gasteiger partial charge in [0.1, 0.15) is 4.90 Å². The van der Waals surface area contributed by atoms with Crippen molar-refractivity contribution in [3.8, 4) is 0 Å². The fourth-order valence-corrected chi connectivity index (χ4v) is 3.84. The van der Waals surface area contributed by atoms with Crippen molar-refractivity contribution in [3.05, 3.63) is 24.5 Å². The Morgan fingerprint density at radius 3 is 2.57 bits per heavy atom. The van der Waals surface area contributed by atoms with Gasteiger partial charge in [0.05, 0.1) is 0 Å². The Kier molecular flexibility index (Phi) is 4.95. The van der Waals surface area contributed by atoms with Crippen LogP contribution in [0.2, 0.25) is 0 Å². The average Bonchev–Trinajstić information content (AvgIpc) is 2.47. The molecule has 0 spiro atoms. The molecule has 0 radical (unpaired) electrons. The van der Waals surface area contributed by atoms with Gasteiger partial charge >= 0.3 is 0 Å². The third-order valence-corrected chi connectivity index (χ3v) is 5.41. The van der Waals surface area contributed by atoms with E-state index in [0.717, 1.165) is 0 Å². The van der Waals surface area contributed by atoms with Crippen molar-refractivity contribution < 1.29 is 13.2 Å². The number of piperidine rings is 1. The van der Waals surface area contributed by atoms with Crippen LogP contribution in [0.3, 0.4) is 0 Å². The normalized spacial score (nSPS) is 17.9. The molecule has 0 aliphatic carbocycles. The summed E-state index contributed by atoms with van der Waals surface area (Å²) >= 11 is 0. The van der Waals surface area contributed by atoms with Crippen LogP contribution < -0.4 is 5.32 Å². The van der Waals surface area contributed by atoms with Crippen LogP contribution >= 0.6 is 0 Å². The molecule has 0 atom stereocenters. The zero-order chi connectivity index (χ0) is 15.5. The summed E-state index contributed by atoms with van der Waals surface area (Å²) in [6.45, 7) is 4.57. The number of pyridine rings is 1. The maximum atomic E-state index is 12.4. The van der Waals surface area contributed by atoms with E-state index in [1.807, 2.05) is 13.8 Å². The Morgan fingerprint density at radius 2 is 2.05 bits per heavy atom. The van der Waals surface area contributed by atoms with E-state index >= 15 is 0 Å². The summed E-state index contributed by atoms with van der Waals surface area (Å²) in [7, 11) is -3.50. The second-order valence-electron chi connectivity index (χ2n) is 5.53. The molecule has 0 aromatic carbocycles. The van der Waals surface area contributed by atoms with Gasteiger partial charge in [-0.3, -0.25) is 9.78 Å². The molecule has 1 aliphatic rings. The van der Waals surface area contributed by atoms with Crippen molar-refractivity contribution in [2.45, 2.75) is 37.6 Å². The number of hydrogen-bond acceptors (Lipinski definition) is 4. The predicted molar refractivity (Wildman–Crippen MR) is 79.0 cm³/mol. The highest BCUT2D eigenvalue weighted by Gasteiger charge is 2.32. The van der Waals surface area contributed by atoms with Crippen LogP contribution in [0.4, 0.5) is 0 Å². The van der Waals surface area contributed by atoms with Crippen molar-refractivity contribution in [3.63, 3.8) is 0 Å². The molecule has 1 N–H and O–H groups in total. The number of sulfonamides is 1. The highest BCUT2D eigenvalue weighted by Crippen LogP contribution is 2.23. The van der Waals surface area contributed by atoms with Crippen LogP contribution in [-0.4, -0.2) is 42.7 Å². The van der Waals surface area contributed by atoms with Gasteiger partial charge in [0, 0.05) is 37.4 Å². The van der Waals surface area contributed by atoms with Gasteiger partial charge in [0.25, 0.3) is 0 Å². The molecule has 6 nitrogen and oxygen atoms in total. The zero-order valence-corrected chi connectivity index (χ0v) is 13.1. The number of hydrogen-bond donors (Lipinski definition) is 1. The fraction of sp³-hybridized carbons (Fsp3) is 0.571. The molecular weight excluding hydrogens is 290 g/mol. The minimum atomic E-state index is -3.50. The Morgan fingerprint density at radius 1 is 1.38 bits per heavy atom. The molecule has 2 rings (SSSR count). The number of amides is 1. The largest absolute Gasteiger partial charge is 0.354 e. The van der Waals surface area contributed by atoms with E-state index in [4.69, 9.17) is 0 Å². The number of rotatable bonds is 4. The van der Waals surface area contributed by atoms with E-state index < -0.39 is 10.0 Å². The molecule has 1 aromatic rings. The number of nitrogens with one attached hydrogen (secondary N) is 1. The third-order valence-electron chi connectivity index (χ3n) is 3.53. The van der Waals surface area contributed by atoms with E-state index in [1.165, 1.54) is 10.5 Å². The van der Waals surface area contributed by atoms with E-state index in [-0.39, 0.29) is 22.8 Å². The van der Waals surface area contributed by atoms with Crippen LogP contribution in [0.15, 0.2) is 29.4 Å². The lowest BCUT2D eigenvalue weighted by molar-refractivity contribution is -0.126. The molecule has 0 saturated carbocycles. The highest BCUT2D eigenvalue weighted by atomic mass is 32.2. The molecule has 1 aliphatic heterocycles. The van der Waals surface area contributed by atoms with Crippen LogP contribution in [0, 0.1) is 5.92 Å². The van der Waals surface area contributed by atoms with Gasteiger partial charge in [-0.1, -0.05) is 0 Å². The maximum absolute atomic E-state index is 12.4. The standard InChI is InChI=1S/C14H21N3O3S/c1-11(2)16-14(18)12-5-8-17(9-6-12)21(19,20)13-4-3-7-15-10-13/h3-4,7,10-12H,5-6,8-9H2,1-2H3,(H,16,18). The minimum Gasteiger partial charge on any atom is -0.354 e. The molecular formula is C14H21N3O3S. The molecule has 21 heavy (non-hydrogen) atoms. The molecule has 0 bridgehead atoms. The first kappa shape index (κ1) is 15.9. The molecule has 2 heterocycles. The first-order chi connectivity index (χ1) is 9.91. The van der Waals surface area contributed by atoms with Gasteiger partial charge in [0.2, 0.25) is 15.9 Å². The topological polar surface area (TPSA) is 79.4 Å². The van der Waals surface area contributed by atoms with Crippen molar-refractivity contribution in [2.75, 3.05) is 13.1 Å². The lowest BCUT2D eigenvalue weighted by Crippen LogP contribution is -2.44. The first-order valence-corrected chi connectivity index (χ1v) is 8.56. The van der Waals surface area contributed by atoms with Crippen LogP contribution in [0.5, 0.6) is 0 Å². The van der Waals surface area contributed by atoms with E-state index in [1.54, 1.807) is 18.3 Å². The number of carbonyl (C=O) groups is 1. The minimum absolute atomic E-state index is 0.0171. The monoisotopic (exact) mass is 311 g/mol. The molecule has 0 unspecified atom stereocenters. The fourth-order valence-electron chi connectivity index (χ4n) is 2.41.